The van der Waals surface area contributed by atoms with Crippen LogP contribution in [0.15, 0.2) is 18.3 Å². The maximum atomic E-state index is 12.5. The van der Waals surface area contributed by atoms with E-state index in [0.29, 0.717) is 5.69 Å². The highest BCUT2D eigenvalue weighted by Crippen LogP contribution is 2.62. The van der Waals surface area contributed by atoms with Gasteiger partial charge in [0.25, 0.3) is 5.91 Å². The Morgan fingerprint density at radius 3 is 2.50 bits per heavy atom. The first-order chi connectivity index (χ1) is 10.3. The number of hydrogen-bond acceptors (Lipinski definition) is 4. The molecule has 22 heavy (non-hydrogen) atoms. The molecule has 2 fully saturated rings. The summed E-state index contributed by atoms with van der Waals surface area (Å²) in [6.07, 6.45) is 1.71. The van der Waals surface area contributed by atoms with Crippen LogP contribution in [0.25, 0.3) is 0 Å². The number of rotatable bonds is 3. The fourth-order valence-corrected chi connectivity index (χ4v) is 3.32. The van der Waals surface area contributed by atoms with Crippen molar-refractivity contribution in [2.24, 2.45) is 10.8 Å². The molecule has 1 amide bonds. The molecule has 0 bridgehead atoms. The Labute approximate surface area is 132 Å². The highest BCUT2D eigenvalue weighted by atomic mass is 16.5. The third-order valence-corrected chi connectivity index (χ3v) is 5.65. The summed E-state index contributed by atoms with van der Waals surface area (Å²) in [5.74, 6) is -0.0845. The number of carbonyl (C=O) groups excluding carboxylic acids is 1. The zero-order valence-electron chi connectivity index (χ0n) is 13.8. The fourth-order valence-electron chi connectivity index (χ4n) is 3.32. The first-order valence-electron chi connectivity index (χ1n) is 7.93. The number of hydrogen-bond donors (Lipinski definition) is 1. The molecule has 1 saturated heterocycles. The zero-order valence-corrected chi connectivity index (χ0v) is 13.8. The summed E-state index contributed by atoms with van der Waals surface area (Å²) in [7, 11) is 0. The molecule has 2 aliphatic rings. The third kappa shape index (κ3) is 2.47. The molecule has 0 atom stereocenters. The summed E-state index contributed by atoms with van der Waals surface area (Å²) in [5.41, 5.74) is 1.79. The van der Waals surface area contributed by atoms with Crippen LogP contribution in [-0.2, 0) is 4.74 Å². The van der Waals surface area contributed by atoms with Crippen LogP contribution in [0.3, 0.4) is 0 Å². The third-order valence-electron chi connectivity index (χ3n) is 5.65. The van der Waals surface area contributed by atoms with Gasteiger partial charge in [0, 0.05) is 31.0 Å². The lowest BCUT2D eigenvalue weighted by Gasteiger charge is -2.28. The van der Waals surface area contributed by atoms with Crippen LogP contribution < -0.4 is 10.2 Å². The molecule has 0 radical (unpaired) electrons. The number of carbonyl (C=O) groups is 1. The minimum atomic E-state index is -0.0845. The highest BCUT2D eigenvalue weighted by molar-refractivity contribution is 5.93. The summed E-state index contributed by atoms with van der Waals surface area (Å²) in [5, 5.41) is 3.14. The molecule has 1 aromatic rings. The van der Waals surface area contributed by atoms with Crippen molar-refractivity contribution in [1.29, 1.82) is 0 Å². The standard InChI is InChI=1S/C17H25N3O2/c1-16(2)15(17(16,3)4)19-14(21)13-11-12(5-6-18-13)20-7-9-22-10-8-20/h5-6,11,15H,7-10H2,1-4H3,(H,19,21). The largest absolute Gasteiger partial charge is 0.378 e. The van der Waals surface area contributed by atoms with Gasteiger partial charge in [0.05, 0.1) is 13.2 Å². The van der Waals surface area contributed by atoms with E-state index in [-0.39, 0.29) is 22.8 Å². The average molecular weight is 303 g/mol. The van der Waals surface area contributed by atoms with Crippen LogP contribution in [0.4, 0.5) is 5.69 Å². The number of aromatic nitrogens is 1. The second kappa shape index (κ2) is 5.23. The molecule has 0 spiro atoms. The van der Waals surface area contributed by atoms with Gasteiger partial charge >= 0.3 is 0 Å². The lowest BCUT2D eigenvalue weighted by Crippen LogP contribution is -2.36. The van der Waals surface area contributed by atoms with Crippen molar-refractivity contribution in [2.75, 3.05) is 31.2 Å². The molecular weight excluding hydrogens is 278 g/mol. The predicted octanol–water partition coefficient (Wildman–Crippen LogP) is 2.08. The van der Waals surface area contributed by atoms with Crippen LogP contribution >= 0.6 is 0 Å². The van der Waals surface area contributed by atoms with Gasteiger partial charge in [0.15, 0.2) is 0 Å². The van der Waals surface area contributed by atoms with E-state index in [4.69, 9.17) is 4.74 Å². The molecule has 5 nitrogen and oxygen atoms in total. The number of morpholine rings is 1. The molecule has 1 saturated carbocycles. The lowest BCUT2D eigenvalue weighted by atomic mass is 10.0. The molecule has 5 heteroatoms. The second-order valence-electron chi connectivity index (χ2n) is 7.35. The topological polar surface area (TPSA) is 54.5 Å². The van der Waals surface area contributed by atoms with Gasteiger partial charge in [-0.15, -0.1) is 0 Å². The molecule has 2 heterocycles. The van der Waals surface area contributed by atoms with Crippen molar-refractivity contribution < 1.29 is 9.53 Å². The Bertz CT molecular complexity index is 563. The summed E-state index contributed by atoms with van der Waals surface area (Å²) in [6, 6.07) is 4.03. The highest BCUT2D eigenvalue weighted by Gasteiger charge is 2.65. The number of nitrogens with one attached hydrogen (secondary N) is 1. The van der Waals surface area contributed by atoms with E-state index in [1.54, 1.807) is 6.20 Å². The van der Waals surface area contributed by atoms with E-state index in [0.717, 1.165) is 32.0 Å². The van der Waals surface area contributed by atoms with E-state index >= 15 is 0 Å². The molecule has 1 aliphatic carbocycles. The summed E-state index contributed by atoms with van der Waals surface area (Å²) >= 11 is 0. The van der Waals surface area contributed by atoms with Crippen molar-refractivity contribution >= 4 is 11.6 Å². The maximum Gasteiger partial charge on any atom is 0.270 e. The Balaban J connectivity index is 1.71. The van der Waals surface area contributed by atoms with Gasteiger partial charge in [-0.1, -0.05) is 27.7 Å². The smallest absolute Gasteiger partial charge is 0.270 e. The van der Waals surface area contributed by atoms with E-state index in [2.05, 4.69) is 42.9 Å². The Hall–Kier alpha value is -1.62. The minimum absolute atomic E-state index is 0.0845. The maximum absolute atomic E-state index is 12.5. The molecule has 0 aromatic carbocycles. The number of pyridine rings is 1. The van der Waals surface area contributed by atoms with Crippen molar-refractivity contribution in [2.45, 2.75) is 33.7 Å². The Morgan fingerprint density at radius 1 is 1.27 bits per heavy atom. The van der Waals surface area contributed by atoms with Gasteiger partial charge in [-0.25, -0.2) is 0 Å². The second-order valence-corrected chi connectivity index (χ2v) is 7.35. The monoisotopic (exact) mass is 303 g/mol. The molecule has 1 aliphatic heterocycles. The number of ether oxygens (including phenoxy) is 1. The van der Waals surface area contributed by atoms with Crippen LogP contribution in [0.5, 0.6) is 0 Å². The van der Waals surface area contributed by atoms with Gasteiger partial charge in [-0.3, -0.25) is 9.78 Å². The van der Waals surface area contributed by atoms with Crippen molar-refractivity contribution in [3.8, 4) is 0 Å². The normalized spacial score (nSPS) is 23.2. The summed E-state index contributed by atoms with van der Waals surface area (Å²) in [4.78, 5) is 19.0. The molecule has 0 unspecified atom stereocenters. The molecule has 120 valence electrons. The minimum Gasteiger partial charge on any atom is -0.378 e. The summed E-state index contributed by atoms with van der Waals surface area (Å²) < 4.78 is 5.37. The molecule has 1 aromatic heterocycles. The van der Waals surface area contributed by atoms with Crippen molar-refractivity contribution in [3.63, 3.8) is 0 Å². The van der Waals surface area contributed by atoms with Gasteiger partial charge in [-0.2, -0.15) is 0 Å². The van der Waals surface area contributed by atoms with Gasteiger partial charge < -0.3 is 15.0 Å². The van der Waals surface area contributed by atoms with E-state index < -0.39 is 0 Å². The van der Waals surface area contributed by atoms with Crippen LogP contribution in [-0.4, -0.2) is 43.2 Å². The molecule has 1 N–H and O–H groups in total. The van der Waals surface area contributed by atoms with E-state index in [9.17, 15) is 4.79 Å². The first-order valence-corrected chi connectivity index (χ1v) is 7.93. The fraction of sp³-hybridized carbons (Fsp3) is 0.647. The lowest BCUT2D eigenvalue weighted by molar-refractivity contribution is 0.0938. The average Bonchev–Trinajstić information content (AvgIpc) is 2.90. The zero-order chi connectivity index (χ0) is 16.0. The van der Waals surface area contributed by atoms with Crippen LogP contribution in [0.2, 0.25) is 0 Å². The van der Waals surface area contributed by atoms with E-state index in [1.165, 1.54) is 0 Å². The van der Waals surface area contributed by atoms with E-state index in [1.807, 2.05) is 12.1 Å². The quantitative estimate of drug-likeness (QED) is 0.929. The number of amides is 1. The Morgan fingerprint density at radius 2 is 1.91 bits per heavy atom. The predicted molar refractivity (Wildman–Crippen MR) is 86.1 cm³/mol. The van der Waals surface area contributed by atoms with Gasteiger partial charge in [0.2, 0.25) is 0 Å². The van der Waals surface area contributed by atoms with Crippen LogP contribution in [0.1, 0.15) is 38.2 Å². The molecular formula is C17H25N3O2. The molecule has 3 rings (SSSR count). The number of nitrogens with zero attached hydrogens (tertiary/aromatic N) is 2. The van der Waals surface area contributed by atoms with Gasteiger partial charge in [0.1, 0.15) is 5.69 Å². The van der Waals surface area contributed by atoms with Crippen LogP contribution in [0, 0.1) is 10.8 Å². The SMILES string of the molecule is CC1(C)C(NC(=O)c2cc(N3CCOCC3)ccn2)C1(C)C. The van der Waals surface area contributed by atoms with Crippen molar-refractivity contribution in [1.82, 2.24) is 10.3 Å². The van der Waals surface area contributed by atoms with Crippen molar-refractivity contribution in [3.05, 3.63) is 24.0 Å². The van der Waals surface area contributed by atoms with Gasteiger partial charge in [-0.05, 0) is 23.0 Å². The number of anilines is 1. The Kier molecular flexibility index (Phi) is 3.63. The first kappa shape index (κ1) is 15.3. The summed E-state index contributed by atoms with van der Waals surface area (Å²) in [6.45, 7) is 11.9.